The number of rotatable bonds is 17. The molecule has 0 fully saturated rings. The molecule has 0 bridgehead atoms. The van der Waals surface area contributed by atoms with Gasteiger partial charge in [-0.05, 0) is 78.6 Å². The molecule has 0 radical (unpaired) electrons. The number of hydrogen-bond donors (Lipinski definition) is 2. The Labute approximate surface area is 219 Å². The Balaban J connectivity index is 1.77. The number of phenolic OH excluding ortho intramolecular Hbond substituents is 2. The minimum atomic E-state index is 0.284. The minimum Gasteiger partial charge on any atom is -0.508 e. The van der Waals surface area contributed by atoms with Crippen LogP contribution in [0.25, 0.3) is 11.1 Å². The van der Waals surface area contributed by atoms with Crippen LogP contribution in [-0.2, 0) is 4.79 Å². The van der Waals surface area contributed by atoms with Gasteiger partial charge in [0.1, 0.15) is 11.5 Å². The molecular weight excluding hydrogens is 446 g/mol. The molecule has 0 unspecified atom stereocenters. The van der Waals surface area contributed by atoms with Crippen molar-refractivity contribution in [3.63, 3.8) is 0 Å². The molecule has 0 saturated carbocycles. The van der Waals surface area contributed by atoms with Gasteiger partial charge in [-0.3, -0.25) is 4.79 Å². The van der Waals surface area contributed by atoms with Crippen molar-refractivity contribution < 1.29 is 15.0 Å². The molecule has 36 heavy (non-hydrogen) atoms. The van der Waals surface area contributed by atoms with E-state index in [1.54, 1.807) is 24.3 Å². The van der Waals surface area contributed by atoms with Crippen LogP contribution in [0, 0.1) is 0 Å². The normalized spacial score (nSPS) is 11.9. The number of unbranched alkanes of at least 4 members (excludes halogenated alkanes) is 8. The van der Waals surface area contributed by atoms with E-state index < -0.39 is 0 Å². The monoisotopic (exact) mass is 493 g/mol. The van der Waals surface area contributed by atoms with E-state index in [1.807, 2.05) is 36.2 Å². The number of carbonyl (C=O) groups excluding carboxylic acids is 1. The van der Waals surface area contributed by atoms with Crippen molar-refractivity contribution >= 4 is 17.1 Å². The Hall–Kier alpha value is -2.75. The smallest absolute Gasteiger partial charge is 0.222 e. The summed E-state index contributed by atoms with van der Waals surface area (Å²) in [6.07, 6.45) is 14.3. The van der Waals surface area contributed by atoms with E-state index in [0.717, 1.165) is 62.6 Å². The first kappa shape index (κ1) is 29.5. The summed E-state index contributed by atoms with van der Waals surface area (Å²) < 4.78 is 0. The highest BCUT2D eigenvalue weighted by Crippen LogP contribution is 2.34. The topological polar surface area (TPSA) is 60.8 Å². The second-order valence-corrected chi connectivity index (χ2v) is 9.90. The van der Waals surface area contributed by atoms with Gasteiger partial charge in [-0.1, -0.05) is 83.1 Å². The number of benzene rings is 2. The molecule has 2 aromatic carbocycles. The molecule has 2 aromatic rings. The van der Waals surface area contributed by atoms with Crippen molar-refractivity contribution in [3.05, 3.63) is 59.7 Å². The van der Waals surface area contributed by atoms with Crippen molar-refractivity contribution in [1.82, 2.24) is 4.90 Å². The van der Waals surface area contributed by atoms with Crippen LogP contribution in [0.1, 0.15) is 108 Å². The molecular formula is C32H47NO3. The molecule has 0 aliphatic carbocycles. The first-order chi connectivity index (χ1) is 17.5. The number of carbonyl (C=O) groups is 1. The highest BCUT2D eigenvalue weighted by atomic mass is 16.3. The van der Waals surface area contributed by atoms with Crippen molar-refractivity contribution in [3.8, 4) is 11.5 Å². The van der Waals surface area contributed by atoms with E-state index >= 15 is 0 Å². The van der Waals surface area contributed by atoms with Crippen molar-refractivity contribution in [2.75, 3.05) is 13.6 Å². The van der Waals surface area contributed by atoms with E-state index in [-0.39, 0.29) is 11.5 Å². The molecule has 0 aliphatic rings. The maximum atomic E-state index is 12.1. The van der Waals surface area contributed by atoms with Crippen LogP contribution in [-0.4, -0.2) is 34.6 Å². The molecule has 0 aliphatic heterocycles. The third-order valence-corrected chi connectivity index (χ3v) is 6.99. The van der Waals surface area contributed by atoms with Crippen molar-refractivity contribution in [2.24, 2.45) is 0 Å². The largest absolute Gasteiger partial charge is 0.508 e. The Morgan fingerprint density at radius 1 is 0.639 bits per heavy atom. The summed E-state index contributed by atoms with van der Waals surface area (Å²) in [6, 6.07) is 15.0. The summed E-state index contributed by atoms with van der Waals surface area (Å²) in [5.74, 6) is 0.861. The Morgan fingerprint density at radius 3 is 1.56 bits per heavy atom. The standard InChI is InChI=1S/C32H47NO3/c1-4-6-25-33(3)32(36)16-14-12-10-8-7-9-11-13-15-31(27-19-23-29(35)24-20-27)30(5-2)26-17-21-28(34)22-18-26/h17-24,34-35H,4-16,25H2,1-3H3. The second-order valence-electron chi connectivity index (χ2n) is 9.90. The number of allylic oxidation sites excluding steroid dienone is 2. The minimum absolute atomic E-state index is 0.284. The van der Waals surface area contributed by atoms with Gasteiger partial charge in [0.05, 0.1) is 0 Å². The first-order valence-electron chi connectivity index (χ1n) is 14.0. The van der Waals surface area contributed by atoms with Gasteiger partial charge < -0.3 is 15.1 Å². The van der Waals surface area contributed by atoms with Crippen LogP contribution < -0.4 is 0 Å². The number of amides is 1. The Kier molecular flexibility index (Phi) is 13.8. The van der Waals surface area contributed by atoms with Crippen LogP contribution in [0.2, 0.25) is 0 Å². The fourth-order valence-corrected chi connectivity index (χ4v) is 4.74. The molecule has 1 amide bonds. The van der Waals surface area contributed by atoms with Gasteiger partial charge in [0.25, 0.3) is 0 Å². The summed E-state index contributed by atoms with van der Waals surface area (Å²) in [6.45, 7) is 5.22. The maximum absolute atomic E-state index is 12.1. The summed E-state index contributed by atoms with van der Waals surface area (Å²) in [7, 11) is 1.93. The van der Waals surface area contributed by atoms with E-state index in [9.17, 15) is 15.0 Å². The fraction of sp³-hybridized carbons (Fsp3) is 0.531. The average Bonchev–Trinajstić information content (AvgIpc) is 2.89. The van der Waals surface area contributed by atoms with Gasteiger partial charge in [-0.15, -0.1) is 0 Å². The predicted octanol–water partition coefficient (Wildman–Crippen LogP) is 8.58. The third kappa shape index (κ3) is 10.5. The highest BCUT2D eigenvalue weighted by Gasteiger charge is 2.11. The zero-order valence-electron chi connectivity index (χ0n) is 22.8. The molecule has 0 heterocycles. The first-order valence-corrected chi connectivity index (χ1v) is 14.0. The Morgan fingerprint density at radius 2 is 1.08 bits per heavy atom. The summed E-state index contributed by atoms with van der Waals surface area (Å²) in [5.41, 5.74) is 4.94. The van der Waals surface area contributed by atoms with Gasteiger partial charge in [-0.2, -0.15) is 0 Å². The highest BCUT2D eigenvalue weighted by molar-refractivity contribution is 5.91. The summed E-state index contributed by atoms with van der Waals surface area (Å²) in [4.78, 5) is 14.0. The summed E-state index contributed by atoms with van der Waals surface area (Å²) in [5, 5.41) is 19.5. The number of nitrogens with zero attached hydrogens (tertiary/aromatic N) is 1. The van der Waals surface area contributed by atoms with Crippen LogP contribution in [0.5, 0.6) is 11.5 Å². The lowest BCUT2D eigenvalue weighted by molar-refractivity contribution is -0.130. The Bertz CT molecular complexity index is 915. The van der Waals surface area contributed by atoms with Crippen molar-refractivity contribution in [2.45, 2.75) is 97.3 Å². The molecule has 2 N–H and O–H groups in total. The van der Waals surface area contributed by atoms with Gasteiger partial charge in [0.2, 0.25) is 5.91 Å². The lowest BCUT2D eigenvalue weighted by Gasteiger charge is -2.16. The second kappa shape index (κ2) is 16.8. The van der Waals surface area contributed by atoms with E-state index in [1.165, 1.54) is 43.3 Å². The predicted molar refractivity (Wildman–Crippen MR) is 152 cm³/mol. The molecule has 4 nitrogen and oxygen atoms in total. The van der Waals surface area contributed by atoms with Gasteiger partial charge >= 0.3 is 0 Å². The molecule has 0 atom stereocenters. The SMILES string of the molecule is CCCCN(C)C(=O)CCCCCCCCCCC(=C(CC)c1ccc(O)cc1)c1ccc(O)cc1. The van der Waals surface area contributed by atoms with E-state index in [2.05, 4.69) is 13.8 Å². The zero-order valence-corrected chi connectivity index (χ0v) is 22.8. The molecule has 0 saturated heterocycles. The third-order valence-electron chi connectivity index (χ3n) is 6.99. The van der Waals surface area contributed by atoms with Crippen molar-refractivity contribution in [1.29, 1.82) is 0 Å². The molecule has 0 spiro atoms. The van der Waals surface area contributed by atoms with Crippen LogP contribution >= 0.6 is 0 Å². The molecule has 2 rings (SSSR count). The van der Waals surface area contributed by atoms with E-state index in [4.69, 9.17) is 0 Å². The number of hydrogen-bond acceptors (Lipinski definition) is 3. The molecule has 0 aromatic heterocycles. The number of aromatic hydroxyl groups is 2. The quantitative estimate of drug-likeness (QED) is 0.171. The molecule has 4 heteroatoms. The zero-order chi connectivity index (χ0) is 26.2. The van der Waals surface area contributed by atoms with E-state index in [0.29, 0.717) is 12.3 Å². The number of phenols is 2. The fourth-order valence-electron chi connectivity index (χ4n) is 4.74. The van der Waals surface area contributed by atoms with Gasteiger partial charge in [0, 0.05) is 20.0 Å². The molecule has 198 valence electrons. The van der Waals surface area contributed by atoms with Crippen LogP contribution in [0.4, 0.5) is 0 Å². The average molecular weight is 494 g/mol. The summed E-state index contributed by atoms with van der Waals surface area (Å²) >= 11 is 0. The lowest BCUT2D eigenvalue weighted by atomic mass is 9.89. The van der Waals surface area contributed by atoms with Crippen LogP contribution in [0.15, 0.2) is 48.5 Å². The lowest BCUT2D eigenvalue weighted by Crippen LogP contribution is -2.27. The van der Waals surface area contributed by atoms with Gasteiger partial charge in [0.15, 0.2) is 0 Å². The maximum Gasteiger partial charge on any atom is 0.222 e. The van der Waals surface area contributed by atoms with Gasteiger partial charge in [-0.25, -0.2) is 0 Å². The van der Waals surface area contributed by atoms with Crippen LogP contribution in [0.3, 0.4) is 0 Å².